The number of nitro groups is 1. The number of non-ortho nitro benzene ring substituents is 1. The molecule has 0 bridgehead atoms. The minimum absolute atomic E-state index is 0.0689. The van der Waals surface area contributed by atoms with Gasteiger partial charge < -0.3 is 13.8 Å². The van der Waals surface area contributed by atoms with Crippen LogP contribution in [0.2, 0.25) is 0 Å². The number of hydrogen-bond acceptors (Lipinski definition) is 7. The zero-order chi connectivity index (χ0) is 19.2. The first-order valence-corrected chi connectivity index (χ1v) is 9.01. The van der Waals surface area contributed by atoms with E-state index < -0.39 is 24.7 Å². The second-order valence-corrected chi connectivity index (χ2v) is 6.74. The fourth-order valence-electron chi connectivity index (χ4n) is 1.93. The van der Waals surface area contributed by atoms with Crippen molar-refractivity contribution in [1.29, 1.82) is 0 Å². The molecule has 0 fully saturated rings. The van der Waals surface area contributed by atoms with E-state index in [0.717, 1.165) is 0 Å². The monoisotopic (exact) mass is 380 g/mol. The highest BCUT2D eigenvalue weighted by atomic mass is 31.2. The van der Waals surface area contributed by atoms with Crippen molar-refractivity contribution >= 4 is 19.4 Å². The number of esters is 1. The van der Waals surface area contributed by atoms with Gasteiger partial charge in [0.05, 0.1) is 12.0 Å². The lowest BCUT2D eigenvalue weighted by molar-refractivity contribution is -0.384. The van der Waals surface area contributed by atoms with Gasteiger partial charge in [0, 0.05) is 12.1 Å². The van der Waals surface area contributed by atoms with Crippen molar-refractivity contribution in [2.24, 2.45) is 0 Å². The standard InChI is InChI=1S/C16H17N2O7P/c1-12(16(19)23-2)17-26(22,24-14-6-4-3-5-7-14)25-15-10-8-13(9-11-15)18(20)21/h3-12H,1-2H3,(H,17,22)/t12-,26-/m0/s1. The second kappa shape index (κ2) is 8.46. The number of benzene rings is 2. The Morgan fingerprint density at radius 1 is 1.08 bits per heavy atom. The van der Waals surface area contributed by atoms with Gasteiger partial charge in [-0.3, -0.25) is 14.9 Å². The number of methoxy groups -OCH3 is 1. The summed E-state index contributed by atoms with van der Waals surface area (Å²) in [4.78, 5) is 21.8. The third kappa shape index (κ3) is 5.30. The highest BCUT2D eigenvalue weighted by Crippen LogP contribution is 2.45. The van der Waals surface area contributed by atoms with Crippen LogP contribution in [-0.2, 0) is 14.1 Å². The van der Waals surface area contributed by atoms with Crippen LogP contribution in [0.4, 0.5) is 5.69 Å². The maximum atomic E-state index is 13.1. The van der Waals surface area contributed by atoms with Crippen LogP contribution >= 0.6 is 7.75 Å². The van der Waals surface area contributed by atoms with E-state index >= 15 is 0 Å². The molecule has 0 saturated carbocycles. The summed E-state index contributed by atoms with van der Waals surface area (Å²) in [6.45, 7) is 1.44. The van der Waals surface area contributed by atoms with Crippen LogP contribution in [0.15, 0.2) is 54.6 Å². The Balaban J connectivity index is 2.25. The maximum absolute atomic E-state index is 13.1. The van der Waals surface area contributed by atoms with Crippen LogP contribution < -0.4 is 14.1 Å². The van der Waals surface area contributed by atoms with E-state index in [1.54, 1.807) is 30.3 Å². The van der Waals surface area contributed by atoms with Crippen LogP contribution in [0.1, 0.15) is 6.92 Å². The maximum Gasteiger partial charge on any atom is 0.513 e. The van der Waals surface area contributed by atoms with E-state index in [1.807, 2.05) is 0 Å². The van der Waals surface area contributed by atoms with Crippen molar-refractivity contribution < 1.29 is 28.1 Å². The Bertz CT molecular complexity index is 811. The first-order valence-electron chi connectivity index (χ1n) is 7.47. The van der Waals surface area contributed by atoms with Gasteiger partial charge in [0.25, 0.3) is 5.69 Å². The Labute approximate surface area is 149 Å². The Kier molecular flexibility index (Phi) is 6.32. The molecule has 2 aromatic carbocycles. The van der Waals surface area contributed by atoms with Crippen molar-refractivity contribution in [3.8, 4) is 11.5 Å². The number of rotatable bonds is 8. The van der Waals surface area contributed by atoms with Gasteiger partial charge in [0.2, 0.25) is 0 Å². The van der Waals surface area contributed by atoms with E-state index in [-0.39, 0.29) is 17.2 Å². The minimum atomic E-state index is -4.05. The molecule has 9 nitrogen and oxygen atoms in total. The summed E-state index contributed by atoms with van der Waals surface area (Å²) >= 11 is 0. The number of nitro benzene ring substituents is 1. The number of carbonyl (C=O) groups excluding carboxylic acids is 1. The molecule has 0 aliphatic rings. The normalized spacial score (nSPS) is 13.9. The number of hydrogen-bond donors (Lipinski definition) is 1. The molecule has 26 heavy (non-hydrogen) atoms. The van der Waals surface area contributed by atoms with Gasteiger partial charge >= 0.3 is 13.7 Å². The highest BCUT2D eigenvalue weighted by Gasteiger charge is 2.33. The minimum Gasteiger partial charge on any atom is -0.468 e. The fourth-order valence-corrected chi connectivity index (χ4v) is 3.45. The Morgan fingerprint density at radius 2 is 1.62 bits per heavy atom. The largest absolute Gasteiger partial charge is 0.513 e. The predicted octanol–water partition coefficient (Wildman–Crippen LogP) is 3.31. The third-order valence-corrected chi connectivity index (χ3v) is 4.75. The molecule has 2 atom stereocenters. The number of nitrogens with zero attached hydrogens (tertiary/aromatic N) is 1. The number of ether oxygens (including phenoxy) is 1. The summed E-state index contributed by atoms with van der Waals surface area (Å²) < 4.78 is 28.5. The number of carbonyl (C=O) groups is 1. The lowest BCUT2D eigenvalue weighted by Gasteiger charge is -2.22. The van der Waals surface area contributed by atoms with E-state index in [4.69, 9.17) is 9.05 Å². The van der Waals surface area contributed by atoms with Crippen LogP contribution in [-0.4, -0.2) is 24.0 Å². The van der Waals surface area contributed by atoms with Crippen LogP contribution in [0.5, 0.6) is 11.5 Å². The third-order valence-electron chi connectivity index (χ3n) is 3.15. The molecule has 10 heteroatoms. The molecule has 0 saturated heterocycles. The molecule has 2 rings (SSSR count). The molecule has 0 heterocycles. The zero-order valence-corrected chi connectivity index (χ0v) is 14.9. The van der Waals surface area contributed by atoms with Gasteiger partial charge in [-0.15, -0.1) is 0 Å². The molecular weight excluding hydrogens is 363 g/mol. The average molecular weight is 380 g/mol. The summed E-state index contributed by atoms with van der Waals surface area (Å²) in [5.41, 5.74) is -0.146. The van der Waals surface area contributed by atoms with Gasteiger partial charge in [-0.25, -0.2) is 4.57 Å². The van der Waals surface area contributed by atoms with Gasteiger partial charge in [-0.1, -0.05) is 18.2 Å². The van der Waals surface area contributed by atoms with Gasteiger partial charge in [0.1, 0.15) is 17.5 Å². The topological polar surface area (TPSA) is 117 Å². The average Bonchev–Trinajstić information content (AvgIpc) is 2.61. The van der Waals surface area contributed by atoms with Crippen molar-refractivity contribution in [1.82, 2.24) is 5.09 Å². The van der Waals surface area contributed by atoms with Gasteiger partial charge in [-0.2, -0.15) is 5.09 Å². The number of para-hydroxylation sites is 1. The first kappa shape index (κ1) is 19.4. The Hall–Kier alpha value is -2.90. The van der Waals surface area contributed by atoms with Crippen molar-refractivity contribution in [2.45, 2.75) is 13.0 Å². The lowest BCUT2D eigenvalue weighted by atomic mass is 10.3. The smallest absolute Gasteiger partial charge is 0.468 e. The van der Waals surface area contributed by atoms with E-state index in [2.05, 4.69) is 9.82 Å². The highest BCUT2D eigenvalue weighted by molar-refractivity contribution is 7.52. The summed E-state index contributed by atoms with van der Waals surface area (Å²) in [5, 5.41) is 13.2. The Morgan fingerprint density at radius 3 is 2.12 bits per heavy atom. The molecule has 0 amide bonds. The van der Waals surface area contributed by atoms with Crippen LogP contribution in [0.3, 0.4) is 0 Å². The van der Waals surface area contributed by atoms with Gasteiger partial charge in [-0.05, 0) is 31.2 Å². The lowest BCUT2D eigenvalue weighted by Crippen LogP contribution is -2.35. The van der Waals surface area contributed by atoms with E-state index in [9.17, 15) is 19.5 Å². The molecule has 0 aliphatic carbocycles. The number of nitrogens with one attached hydrogen (secondary N) is 1. The van der Waals surface area contributed by atoms with Crippen molar-refractivity contribution in [2.75, 3.05) is 7.11 Å². The molecular formula is C16H17N2O7P. The molecule has 1 N–H and O–H groups in total. The van der Waals surface area contributed by atoms with Gasteiger partial charge in [0.15, 0.2) is 0 Å². The first-order chi connectivity index (χ1) is 12.3. The molecule has 0 radical (unpaired) electrons. The zero-order valence-electron chi connectivity index (χ0n) is 14.0. The quantitative estimate of drug-likeness (QED) is 0.321. The second-order valence-electron chi connectivity index (χ2n) is 5.12. The van der Waals surface area contributed by atoms with Crippen molar-refractivity contribution in [3.63, 3.8) is 0 Å². The van der Waals surface area contributed by atoms with Crippen LogP contribution in [0, 0.1) is 10.1 Å². The molecule has 0 spiro atoms. The predicted molar refractivity (Wildman–Crippen MR) is 93.0 cm³/mol. The van der Waals surface area contributed by atoms with Crippen molar-refractivity contribution in [3.05, 3.63) is 64.7 Å². The molecule has 0 aliphatic heterocycles. The molecule has 138 valence electrons. The molecule has 2 aromatic rings. The summed E-state index contributed by atoms with van der Waals surface area (Å²) in [6.07, 6.45) is 0. The summed E-state index contributed by atoms with van der Waals surface area (Å²) in [6, 6.07) is 12.2. The fraction of sp³-hybridized carbons (Fsp3) is 0.188. The van der Waals surface area contributed by atoms with E-state index in [1.165, 1.54) is 38.3 Å². The molecule has 0 aromatic heterocycles. The SMILES string of the molecule is COC(=O)[C@H](C)N[P@](=O)(Oc1ccccc1)Oc1ccc([N+](=O)[O-])cc1. The van der Waals surface area contributed by atoms with Crippen LogP contribution in [0.25, 0.3) is 0 Å². The van der Waals surface area contributed by atoms with E-state index in [0.29, 0.717) is 0 Å². The molecule has 0 unspecified atom stereocenters. The summed E-state index contributed by atoms with van der Waals surface area (Å²) in [7, 11) is -2.85. The summed E-state index contributed by atoms with van der Waals surface area (Å²) in [5.74, 6) is -0.337.